The molecule has 0 fully saturated rings. The molecule has 0 aliphatic rings. The molecule has 0 heterocycles. The fourth-order valence-electron chi connectivity index (χ4n) is 2.81. The minimum Gasteiger partial charge on any atom is -0.481 e. The molecule has 0 aliphatic heterocycles. The van der Waals surface area contributed by atoms with Crippen LogP contribution in [0.5, 0.6) is 5.75 Å². The summed E-state index contributed by atoms with van der Waals surface area (Å²) in [6.07, 6.45) is -0.759. The van der Waals surface area contributed by atoms with E-state index in [1.807, 2.05) is 54.6 Å². The largest absolute Gasteiger partial charge is 0.481 e. The summed E-state index contributed by atoms with van der Waals surface area (Å²) >= 11 is 0. The lowest BCUT2D eigenvalue weighted by molar-refractivity contribution is -0.128. The third-order valence-corrected chi connectivity index (χ3v) is 4.54. The van der Waals surface area contributed by atoms with Crippen LogP contribution in [-0.2, 0) is 4.79 Å². The summed E-state index contributed by atoms with van der Waals surface area (Å²) in [5, 5.41) is 2.13. The molecule has 28 heavy (non-hydrogen) atoms. The van der Waals surface area contributed by atoms with Crippen LogP contribution in [-0.4, -0.2) is 17.9 Å². The van der Waals surface area contributed by atoms with Gasteiger partial charge in [0, 0.05) is 5.56 Å². The molecule has 2 amide bonds. The van der Waals surface area contributed by atoms with Crippen molar-refractivity contribution >= 4 is 22.6 Å². The predicted molar refractivity (Wildman–Crippen MR) is 110 cm³/mol. The smallest absolute Gasteiger partial charge is 0.279 e. The summed E-state index contributed by atoms with van der Waals surface area (Å²) in [5.41, 5.74) is 6.47. The zero-order chi connectivity index (χ0) is 20.1. The molecule has 0 saturated carbocycles. The molecular weight excluding hydrogens is 352 g/mol. The van der Waals surface area contributed by atoms with E-state index < -0.39 is 12.0 Å². The molecule has 0 bridgehead atoms. The first kappa shape index (κ1) is 19.4. The van der Waals surface area contributed by atoms with Crippen molar-refractivity contribution in [1.82, 2.24) is 10.9 Å². The maximum Gasteiger partial charge on any atom is 0.279 e. The van der Waals surface area contributed by atoms with E-state index in [0.717, 1.165) is 16.3 Å². The van der Waals surface area contributed by atoms with E-state index in [9.17, 15) is 9.59 Å². The van der Waals surface area contributed by atoms with Crippen molar-refractivity contribution in [3.63, 3.8) is 0 Å². The second-order valence-electron chi connectivity index (χ2n) is 6.99. The molecule has 0 spiro atoms. The van der Waals surface area contributed by atoms with Crippen LogP contribution in [0.4, 0.5) is 0 Å². The highest BCUT2D eigenvalue weighted by molar-refractivity contribution is 5.95. The van der Waals surface area contributed by atoms with E-state index in [4.69, 9.17) is 4.74 Å². The van der Waals surface area contributed by atoms with Crippen molar-refractivity contribution in [3.05, 3.63) is 77.9 Å². The highest BCUT2D eigenvalue weighted by Crippen LogP contribution is 2.21. The van der Waals surface area contributed by atoms with Gasteiger partial charge in [-0.3, -0.25) is 20.4 Å². The lowest BCUT2D eigenvalue weighted by Gasteiger charge is -2.15. The minimum absolute atomic E-state index is 0.374. The van der Waals surface area contributed by atoms with Crippen LogP contribution >= 0.6 is 0 Å². The van der Waals surface area contributed by atoms with Crippen LogP contribution < -0.4 is 15.6 Å². The number of hydrogen-bond acceptors (Lipinski definition) is 3. The van der Waals surface area contributed by atoms with Gasteiger partial charge in [-0.15, -0.1) is 0 Å². The summed E-state index contributed by atoms with van der Waals surface area (Å²) in [4.78, 5) is 24.4. The van der Waals surface area contributed by atoms with Crippen molar-refractivity contribution in [2.75, 3.05) is 0 Å². The number of rotatable bonds is 5. The molecule has 3 rings (SSSR count). The Kier molecular flexibility index (Phi) is 5.94. The predicted octanol–water partition coefficient (Wildman–Crippen LogP) is 4.19. The Morgan fingerprint density at radius 3 is 2.18 bits per heavy atom. The lowest BCUT2D eigenvalue weighted by Crippen LogP contribution is -2.47. The van der Waals surface area contributed by atoms with Crippen molar-refractivity contribution in [1.29, 1.82) is 0 Å². The van der Waals surface area contributed by atoms with Gasteiger partial charge < -0.3 is 4.74 Å². The second-order valence-corrected chi connectivity index (χ2v) is 6.99. The highest BCUT2D eigenvalue weighted by atomic mass is 16.5. The monoisotopic (exact) mass is 376 g/mol. The fraction of sp³-hybridized carbons (Fsp3) is 0.217. The third kappa shape index (κ3) is 4.68. The quantitative estimate of drug-likeness (QED) is 0.656. The van der Waals surface area contributed by atoms with Crippen LogP contribution in [0.25, 0.3) is 10.8 Å². The summed E-state index contributed by atoms with van der Waals surface area (Å²) < 4.78 is 5.70. The van der Waals surface area contributed by atoms with Crippen LogP contribution in [0.2, 0.25) is 0 Å². The molecule has 3 aromatic rings. The Morgan fingerprint density at radius 2 is 1.50 bits per heavy atom. The van der Waals surface area contributed by atoms with E-state index in [-0.39, 0.29) is 5.91 Å². The molecule has 0 aromatic heterocycles. The second kappa shape index (κ2) is 8.57. The van der Waals surface area contributed by atoms with Gasteiger partial charge in [-0.1, -0.05) is 56.3 Å². The van der Waals surface area contributed by atoms with E-state index in [1.165, 1.54) is 0 Å². The Morgan fingerprint density at radius 1 is 0.821 bits per heavy atom. The van der Waals surface area contributed by atoms with Gasteiger partial charge >= 0.3 is 0 Å². The molecule has 0 radical (unpaired) electrons. The summed E-state index contributed by atoms with van der Waals surface area (Å²) in [5.74, 6) is 0.184. The van der Waals surface area contributed by atoms with E-state index >= 15 is 0 Å². The Hall–Kier alpha value is -3.34. The topological polar surface area (TPSA) is 67.4 Å². The average Bonchev–Trinajstić information content (AvgIpc) is 2.71. The molecule has 2 N–H and O–H groups in total. The average molecular weight is 376 g/mol. The zero-order valence-corrected chi connectivity index (χ0v) is 16.2. The zero-order valence-electron chi connectivity index (χ0n) is 16.2. The molecule has 1 atom stereocenters. The Balaban J connectivity index is 1.55. The molecule has 1 unspecified atom stereocenters. The minimum atomic E-state index is -0.759. The van der Waals surface area contributed by atoms with E-state index in [2.05, 4.69) is 24.7 Å². The number of amides is 2. The fourth-order valence-corrected chi connectivity index (χ4v) is 2.81. The molecule has 0 saturated heterocycles. The number of hydrazine groups is 1. The standard InChI is InChI=1S/C23H24N2O3/c1-15(2)17-8-10-19(11-9-17)23(27)25-24-22(26)16(3)28-21-13-12-18-6-4-5-7-20(18)14-21/h4-16H,1-3H3,(H,24,26)(H,25,27). The first-order valence-electron chi connectivity index (χ1n) is 9.29. The Labute approximate surface area is 164 Å². The lowest BCUT2D eigenvalue weighted by atomic mass is 10.0. The van der Waals surface area contributed by atoms with Gasteiger partial charge in [0.2, 0.25) is 0 Å². The molecular formula is C23H24N2O3. The van der Waals surface area contributed by atoms with Crippen LogP contribution in [0.15, 0.2) is 66.7 Å². The van der Waals surface area contributed by atoms with E-state index in [0.29, 0.717) is 17.2 Å². The molecule has 144 valence electrons. The third-order valence-electron chi connectivity index (χ3n) is 4.54. The number of carbonyl (C=O) groups excluding carboxylic acids is 2. The maximum absolute atomic E-state index is 12.2. The van der Waals surface area contributed by atoms with E-state index in [1.54, 1.807) is 19.1 Å². The van der Waals surface area contributed by atoms with Crippen molar-refractivity contribution in [2.24, 2.45) is 0 Å². The van der Waals surface area contributed by atoms with Gasteiger partial charge in [0.1, 0.15) is 5.75 Å². The van der Waals surface area contributed by atoms with Crippen molar-refractivity contribution in [3.8, 4) is 5.75 Å². The van der Waals surface area contributed by atoms with Crippen molar-refractivity contribution in [2.45, 2.75) is 32.8 Å². The number of fused-ring (bicyclic) bond motifs is 1. The highest BCUT2D eigenvalue weighted by Gasteiger charge is 2.16. The van der Waals surface area contributed by atoms with Gasteiger partial charge in [-0.2, -0.15) is 0 Å². The van der Waals surface area contributed by atoms with Crippen molar-refractivity contribution < 1.29 is 14.3 Å². The van der Waals surface area contributed by atoms with Gasteiger partial charge in [-0.25, -0.2) is 0 Å². The number of ether oxygens (including phenoxy) is 1. The Bertz CT molecular complexity index is 981. The first-order chi connectivity index (χ1) is 13.4. The summed E-state index contributed by atoms with van der Waals surface area (Å²) in [6.45, 7) is 5.81. The van der Waals surface area contributed by atoms with Crippen LogP contribution in [0.3, 0.4) is 0 Å². The van der Waals surface area contributed by atoms with Gasteiger partial charge in [0.15, 0.2) is 6.10 Å². The SMILES string of the molecule is CC(Oc1ccc2ccccc2c1)C(=O)NNC(=O)c1ccc(C(C)C)cc1. The first-order valence-corrected chi connectivity index (χ1v) is 9.29. The van der Waals surface area contributed by atoms with Gasteiger partial charge in [0.25, 0.3) is 11.8 Å². The summed E-state index contributed by atoms with van der Waals surface area (Å²) in [6, 6.07) is 20.9. The number of nitrogens with one attached hydrogen (secondary N) is 2. The molecule has 0 aliphatic carbocycles. The van der Waals surface area contributed by atoms with Crippen LogP contribution in [0.1, 0.15) is 42.6 Å². The van der Waals surface area contributed by atoms with Crippen LogP contribution in [0, 0.1) is 0 Å². The van der Waals surface area contributed by atoms with Gasteiger partial charge in [0.05, 0.1) is 0 Å². The molecule has 5 nitrogen and oxygen atoms in total. The normalized spacial score (nSPS) is 11.9. The number of carbonyl (C=O) groups is 2. The number of hydrogen-bond donors (Lipinski definition) is 2. The molecule has 5 heteroatoms. The summed E-state index contributed by atoms with van der Waals surface area (Å²) in [7, 11) is 0. The maximum atomic E-state index is 12.2. The number of benzene rings is 3. The van der Waals surface area contributed by atoms with Gasteiger partial charge in [-0.05, 0) is 53.4 Å². The molecule has 3 aromatic carbocycles.